The lowest BCUT2D eigenvalue weighted by Gasteiger charge is -2.18. The van der Waals surface area contributed by atoms with E-state index in [1.165, 1.54) is 0 Å². The highest BCUT2D eigenvalue weighted by Gasteiger charge is 2.36. The maximum atomic E-state index is 12.6. The van der Waals surface area contributed by atoms with E-state index in [1.807, 2.05) is 25.3 Å². The van der Waals surface area contributed by atoms with Crippen molar-refractivity contribution in [1.82, 2.24) is 10.3 Å². The van der Waals surface area contributed by atoms with Crippen LogP contribution in [0.3, 0.4) is 0 Å². The lowest BCUT2D eigenvalue weighted by atomic mass is 10.1. The molecule has 0 bridgehead atoms. The lowest BCUT2D eigenvalue weighted by Crippen LogP contribution is -2.34. The number of ether oxygens (including phenoxy) is 2. The van der Waals surface area contributed by atoms with Crippen molar-refractivity contribution in [3.8, 4) is 11.5 Å². The number of fused-ring (bicyclic) bond motifs is 1. The molecule has 2 unspecified atom stereocenters. The number of benzene rings is 1. The third kappa shape index (κ3) is 3.12. The SMILES string of the molecule is Cc1nc(C(C)NC(=O)C2CC(=O)N(c3ccc4c(c3)OCO4)C2)cs1. The molecule has 1 fully saturated rings. The second kappa shape index (κ2) is 6.60. The molecule has 1 saturated heterocycles. The van der Waals surface area contributed by atoms with E-state index in [-0.39, 0.29) is 37.0 Å². The zero-order valence-corrected chi connectivity index (χ0v) is 15.3. The second-order valence-electron chi connectivity index (χ2n) is 6.46. The summed E-state index contributed by atoms with van der Waals surface area (Å²) in [4.78, 5) is 31.0. The van der Waals surface area contributed by atoms with Crippen LogP contribution in [0.15, 0.2) is 23.6 Å². The van der Waals surface area contributed by atoms with Crippen molar-refractivity contribution in [2.75, 3.05) is 18.2 Å². The summed E-state index contributed by atoms with van der Waals surface area (Å²) in [6, 6.07) is 5.20. The van der Waals surface area contributed by atoms with E-state index in [0.717, 1.165) is 16.4 Å². The topological polar surface area (TPSA) is 80.8 Å². The average molecular weight is 373 g/mol. The van der Waals surface area contributed by atoms with Gasteiger partial charge in [-0.25, -0.2) is 4.98 Å². The predicted octanol–water partition coefficient (Wildman–Crippen LogP) is 2.41. The molecule has 136 valence electrons. The Morgan fingerprint density at radius 2 is 2.19 bits per heavy atom. The third-order valence-corrected chi connectivity index (χ3v) is 5.39. The Morgan fingerprint density at radius 3 is 2.96 bits per heavy atom. The van der Waals surface area contributed by atoms with Crippen molar-refractivity contribution in [2.24, 2.45) is 5.92 Å². The molecule has 1 N–H and O–H groups in total. The Bertz CT molecular complexity index is 866. The van der Waals surface area contributed by atoms with Gasteiger partial charge in [0.2, 0.25) is 18.6 Å². The van der Waals surface area contributed by atoms with E-state index in [4.69, 9.17) is 9.47 Å². The van der Waals surface area contributed by atoms with Gasteiger partial charge in [0, 0.05) is 30.1 Å². The molecule has 0 spiro atoms. The Labute approximate surface area is 154 Å². The average Bonchev–Trinajstić information content (AvgIpc) is 3.33. The van der Waals surface area contributed by atoms with Crippen LogP contribution in [-0.2, 0) is 9.59 Å². The standard InChI is InChI=1S/C18H19N3O4S/c1-10(14-8-26-11(2)20-14)19-18(23)12-5-17(22)21(7-12)13-3-4-15-16(6-13)25-9-24-15/h3-4,6,8,10,12H,5,7,9H2,1-2H3,(H,19,23). The number of hydrogen-bond donors (Lipinski definition) is 1. The molecule has 1 aromatic carbocycles. The molecule has 2 amide bonds. The predicted molar refractivity (Wildman–Crippen MR) is 96.4 cm³/mol. The normalized spacial score (nSPS) is 19.7. The molecule has 0 saturated carbocycles. The lowest BCUT2D eigenvalue weighted by molar-refractivity contribution is -0.126. The number of aryl methyl sites for hydroxylation is 1. The largest absolute Gasteiger partial charge is 0.454 e. The summed E-state index contributed by atoms with van der Waals surface area (Å²) in [5, 5.41) is 5.87. The molecule has 0 radical (unpaired) electrons. The maximum absolute atomic E-state index is 12.6. The summed E-state index contributed by atoms with van der Waals surface area (Å²) in [5.41, 5.74) is 1.57. The molecule has 8 heteroatoms. The minimum Gasteiger partial charge on any atom is -0.454 e. The van der Waals surface area contributed by atoms with Gasteiger partial charge in [0.25, 0.3) is 0 Å². The second-order valence-corrected chi connectivity index (χ2v) is 7.53. The van der Waals surface area contributed by atoms with Gasteiger partial charge in [-0.1, -0.05) is 0 Å². The van der Waals surface area contributed by atoms with Crippen LogP contribution >= 0.6 is 11.3 Å². The summed E-state index contributed by atoms with van der Waals surface area (Å²) in [6.45, 7) is 4.37. The first-order chi connectivity index (χ1) is 12.5. The number of anilines is 1. The van der Waals surface area contributed by atoms with E-state index in [2.05, 4.69) is 10.3 Å². The highest BCUT2D eigenvalue weighted by molar-refractivity contribution is 7.09. The van der Waals surface area contributed by atoms with Crippen LogP contribution in [0.5, 0.6) is 11.5 Å². The number of carbonyl (C=O) groups is 2. The number of thiazole rings is 1. The van der Waals surface area contributed by atoms with Gasteiger partial charge in [0.1, 0.15) is 0 Å². The highest BCUT2D eigenvalue weighted by atomic mass is 32.1. The van der Waals surface area contributed by atoms with E-state index in [9.17, 15) is 9.59 Å². The Balaban J connectivity index is 1.43. The Morgan fingerprint density at radius 1 is 1.38 bits per heavy atom. The van der Waals surface area contributed by atoms with E-state index in [1.54, 1.807) is 28.4 Å². The highest BCUT2D eigenvalue weighted by Crippen LogP contribution is 2.37. The molecule has 7 nitrogen and oxygen atoms in total. The number of nitrogens with one attached hydrogen (secondary N) is 1. The Kier molecular flexibility index (Phi) is 4.28. The van der Waals surface area contributed by atoms with Crippen molar-refractivity contribution >= 4 is 28.8 Å². The van der Waals surface area contributed by atoms with Gasteiger partial charge in [-0.2, -0.15) is 0 Å². The molecular formula is C18H19N3O4S. The Hall–Kier alpha value is -2.61. The molecule has 2 aliphatic heterocycles. The van der Waals surface area contributed by atoms with Gasteiger partial charge >= 0.3 is 0 Å². The van der Waals surface area contributed by atoms with Gasteiger partial charge in [-0.3, -0.25) is 9.59 Å². The first kappa shape index (κ1) is 16.8. The first-order valence-corrected chi connectivity index (χ1v) is 9.31. The van der Waals surface area contributed by atoms with Crippen molar-refractivity contribution in [2.45, 2.75) is 26.3 Å². The van der Waals surface area contributed by atoms with Gasteiger partial charge in [0.15, 0.2) is 11.5 Å². The summed E-state index contributed by atoms with van der Waals surface area (Å²) in [6.07, 6.45) is 0.198. The minimum atomic E-state index is -0.380. The van der Waals surface area contributed by atoms with Crippen molar-refractivity contribution in [3.63, 3.8) is 0 Å². The number of carbonyl (C=O) groups excluding carboxylic acids is 2. The number of rotatable bonds is 4. The zero-order valence-electron chi connectivity index (χ0n) is 14.5. The molecule has 2 atom stereocenters. The summed E-state index contributed by atoms with van der Waals surface area (Å²) < 4.78 is 10.7. The van der Waals surface area contributed by atoms with Crippen LogP contribution in [0.2, 0.25) is 0 Å². The maximum Gasteiger partial charge on any atom is 0.231 e. The minimum absolute atomic E-state index is 0.0684. The van der Waals surface area contributed by atoms with Crippen LogP contribution < -0.4 is 19.7 Å². The fourth-order valence-electron chi connectivity index (χ4n) is 3.17. The van der Waals surface area contributed by atoms with Crippen LogP contribution in [0.25, 0.3) is 0 Å². The fourth-order valence-corrected chi connectivity index (χ4v) is 3.88. The number of nitrogens with zero attached hydrogens (tertiary/aromatic N) is 2. The number of aromatic nitrogens is 1. The van der Waals surface area contributed by atoms with Gasteiger partial charge < -0.3 is 19.7 Å². The van der Waals surface area contributed by atoms with Crippen molar-refractivity contribution < 1.29 is 19.1 Å². The molecule has 26 heavy (non-hydrogen) atoms. The third-order valence-electron chi connectivity index (χ3n) is 4.60. The number of hydrogen-bond acceptors (Lipinski definition) is 6. The molecule has 2 aliphatic rings. The zero-order chi connectivity index (χ0) is 18.3. The van der Waals surface area contributed by atoms with Crippen LogP contribution in [0.1, 0.15) is 30.1 Å². The van der Waals surface area contributed by atoms with Crippen LogP contribution in [-0.4, -0.2) is 30.1 Å². The molecule has 4 rings (SSSR count). The molecule has 2 aromatic rings. The van der Waals surface area contributed by atoms with Gasteiger partial charge in [0.05, 0.1) is 22.7 Å². The molecule has 3 heterocycles. The van der Waals surface area contributed by atoms with E-state index < -0.39 is 0 Å². The smallest absolute Gasteiger partial charge is 0.231 e. The molecular weight excluding hydrogens is 354 g/mol. The molecule has 1 aromatic heterocycles. The summed E-state index contributed by atoms with van der Waals surface area (Å²) in [5.74, 6) is 0.716. The van der Waals surface area contributed by atoms with Crippen molar-refractivity contribution in [1.29, 1.82) is 0 Å². The van der Waals surface area contributed by atoms with Gasteiger partial charge in [-0.15, -0.1) is 11.3 Å². The van der Waals surface area contributed by atoms with Crippen LogP contribution in [0, 0.1) is 12.8 Å². The summed E-state index contributed by atoms with van der Waals surface area (Å²) >= 11 is 1.55. The van der Waals surface area contributed by atoms with E-state index in [0.29, 0.717) is 18.0 Å². The number of amides is 2. The van der Waals surface area contributed by atoms with Gasteiger partial charge in [-0.05, 0) is 26.0 Å². The van der Waals surface area contributed by atoms with E-state index >= 15 is 0 Å². The summed E-state index contributed by atoms with van der Waals surface area (Å²) in [7, 11) is 0. The fraction of sp³-hybridized carbons (Fsp3) is 0.389. The first-order valence-electron chi connectivity index (χ1n) is 8.43. The van der Waals surface area contributed by atoms with Crippen LogP contribution in [0.4, 0.5) is 5.69 Å². The van der Waals surface area contributed by atoms with Crippen molar-refractivity contribution in [3.05, 3.63) is 34.3 Å². The monoisotopic (exact) mass is 373 g/mol. The molecule has 0 aliphatic carbocycles. The quantitative estimate of drug-likeness (QED) is 0.890.